The van der Waals surface area contributed by atoms with Crippen LogP contribution in [0.2, 0.25) is 5.02 Å². The van der Waals surface area contributed by atoms with Crippen LogP contribution in [-0.2, 0) is 4.74 Å². The van der Waals surface area contributed by atoms with Gasteiger partial charge in [0, 0.05) is 52.0 Å². The van der Waals surface area contributed by atoms with Crippen LogP contribution >= 0.6 is 11.6 Å². The summed E-state index contributed by atoms with van der Waals surface area (Å²) in [5.41, 5.74) is 0.607. The van der Waals surface area contributed by atoms with Gasteiger partial charge in [-0.1, -0.05) is 11.6 Å². The lowest BCUT2D eigenvalue weighted by Crippen LogP contribution is -2.48. The third-order valence-corrected chi connectivity index (χ3v) is 6.92. The van der Waals surface area contributed by atoms with Gasteiger partial charge in [0.25, 0.3) is 5.91 Å². The van der Waals surface area contributed by atoms with Crippen LogP contribution in [0.15, 0.2) is 12.3 Å². The molecule has 3 saturated heterocycles. The molecule has 7 heteroatoms. The van der Waals surface area contributed by atoms with E-state index >= 15 is 0 Å². The number of morpholine rings is 1. The smallest absolute Gasteiger partial charge is 0.255 e. The molecule has 166 valence electrons. The van der Waals surface area contributed by atoms with Crippen molar-refractivity contribution >= 4 is 23.3 Å². The topological polar surface area (TPSA) is 48.9 Å². The number of hydrogen-bond donors (Lipinski definition) is 0. The zero-order valence-electron chi connectivity index (χ0n) is 18.4. The predicted molar refractivity (Wildman–Crippen MR) is 120 cm³/mol. The summed E-state index contributed by atoms with van der Waals surface area (Å²) in [5, 5.41) is 0.590. The van der Waals surface area contributed by atoms with Gasteiger partial charge < -0.3 is 14.5 Å². The largest absolute Gasteiger partial charge is 0.373 e. The Morgan fingerprint density at radius 1 is 1.10 bits per heavy atom. The van der Waals surface area contributed by atoms with Crippen molar-refractivity contribution < 1.29 is 9.53 Å². The number of amides is 1. The van der Waals surface area contributed by atoms with Gasteiger partial charge in [0.15, 0.2) is 0 Å². The van der Waals surface area contributed by atoms with E-state index in [2.05, 4.69) is 28.6 Å². The number of rotatable bonds is 4. The standard InChI is InChI=1S/C23H35ClN4O2/c1-17-14-26(15-18(2)30-17)16-19-6-10-27(11-7-19)22-21(24)12-20(13-25-22)23(29)28-8-4-3-5-9-28/h12-13,17-19H,3-11,14-16H2,1-2H3. The molecule has 0 saturated carbocycles. The van der Waals surface area contributed by atoms with Crippen molar-refractivity contribution in [1.82, 2.24) is 14.8 Å². The van der Waals surface area contributed by atoms with E-state index in [9.17, 15) is 4.79 Å². The van der Waals surface area contributed by atoms with E-state index in [0.29, 0.717) is 28.7 Å². The molecule has 0 radical (unpaired) electrons. The quantitative estimate of drug-likeness (QED) is 0.723. The van der Waals surface area contributed by atoms with Gasteiger partial charge in [-0.05, 0) is 57.9 Å². The molecule has 0 bridgehead atoms. The molecule has 3 fully saturated rings. The minimum Gasteiger partial charge on any atom is -0.373 e. The molecule has 1 aromatic heterocycles. The van der Waals surface area contributed by atoms with Gasteiger partial charge in [-0.15, -0.1) is 0 Å². The highest BCUT2D eigenvalue weighted by Crippen LogP contribution is 2.29. The first kappa shape index (κ1) is 21.8. The molecule has 1 aromatic rings. The first-order valence-electron chi connectivity index (χ1n) is 11.6. The fraction of sp³-hybridized carbons (Fsp3) is 0.739. The number of hydrogen-bond acceptors (Lipinski definition) is 5. The van der Waals surface area contributed by atoms with Gasteiger partial charge in [-0.2, -0.15) is 0 Å². The molecule has 2 atom stereocenters. The molecule has 4 rings (SSSR count). The zero-order chi connectivity index (χ0) is 21.1. The van der Waals surface area contributed by atoms with Crippen LogP contribution in [0, 0.1) is 5.92 Å². The normalized spacial score (nSPS) is 26.8. The Morgan fingerprint density at radius 2 is 1.77 bits per heavy atom. The van der Waals surface area contributed by atoms with Crippen molar-refractivity contribution in [3.8, 4) is 0 Å². The minimum atomic E-state index is 0.0586. The van der Waals surface area contributed by atoms with Crippen LogP contribution in [0.3, 0.4) is 0 Å². The summed E-state index contributed by atoms with van der Waals surface area (Å²) < 4.78 is 5.86. The maximum Gasteiger partial charge on any atom is 0.255 e. The van der Waals surface area contributed by atoms with Crippen LogP contribution < -0.4 is 4.90 Å². The molecule has 0 spiro atoms. The number of likely N-dealkylation sites (tertiary alicyclic amines) is 1. The van der Waals surface area contributed by atoms with Gasteiger partial charge in [-0.3, -0.25) is 9.69 Å². The Balaban J connectivity index is 1.31. The number of piperidine rings is 2. The van der Waals surface area contributed by atoms with Crippen LogP contribution in [0.4, 0.5) is 5.82 Å². The molecule has 0 aliphatic carbocycles. The molecule has 0 aromatic carbocycles. The third-order valence-electron chi connectivity index (χ3n) is 6.64. The van der Waals surface area contributed by atoms with Crippen molar-refractivity contribution in [3.05, 3.63) is 22.8 Å². The Labute approximate surface area is 185 Å². The summed E-state index contributed by atoms with van der Waals surface area (Å²) in [6.07, 6.45) is 8.03. The molecule has 0 N–H and O–H groups in total. The number of pyridine rings is 1. The summed E-state index contributed by atoms with van der Waals surface area (Å²) in [4.78, 5) is 24.1. The number of anilines is 1. The van der Waals surface area contributed by atoms with E-state index < -0.39 is 0 Å². The van der Waals surface area contributed by atoms with Crippen LogP contribution in [-0.4, -0.2) is 78.7 Å². The zero-order valence-corrected chi connectivity index (χ0v) is 19.1. The number of carbonyl (C=O) groups excluding carboxylic acids is 1. The highest BCUT2D eigenvalue weighted by Gasteiger charge is 2.28. The summed E-state index contributed by atoms with van der Waals surface area (Å²) in [5.74, 6) is 1.58. The van der Waals surface area contributed by atoms with E-state index in [1.807, 2.05) is 11.0 Å². The van der Waals surface area contributed by atoms with E-state index in [-0.39, 0.29) is 5.91 Å². The van der Waals surface area contributed by atoms with Crippen LogP contribution in [0.25, 0.3) is 0 Å². The van der Waals surface area contributed by atoms with Gasteiger partial charge in [-0.25, -0.2) is 4.98 Å². The van der Waals surface area contributed by atoms with Crippen molar-refractivity contribution in [2.24, 2.45) is 5.92 Å². The second-order valence-electron chi connectivity index (χ2n) is 9.29. The summed E-state index contributed by atoms with van der Waals surface area (Å²) >= 11 is 6.57. The molecule has 1 amide bonds. The molecule has 4 heterocycles. The Hall–Kier alpha value is -1.37. The lowest BCUT2D eigenvalue weighted by molar-refractivity contribution is -0.0720. The SMILES string of the molecule is CC1CN(CC2CCN(c3ncc(C(=O)N4CCCCC4)cc3Cl)CC2)CC(C)O1. The van der Waals surface area contributed by atoms with Crippen molar-refractivity contribution in [3.63, 3.8) is 0 Å². The number of halogens is 1. The average molecular weight is 435 g/mol. The van der Waals surface area contributed by atoms with Crippen molar-refractivity contribution in [2.45, 2.75) is 58.2 Å². The Bertz CT molecular complexity index is 722. The van der Waals surface area contributed by atoms with Crippen LogP contribution in [0.5, 0.6) is 0 Å². The Kier molecular flexibility index (Phi) is 7.16. The number of aromatic nitrogens is 1. The number of ether oxygens (including phenoxy) is 1. The van der Waals surface area contributed by atoms with Crippen molar-refractivity contribution in [1.29, 1.82) is 0 Å². The highest BCUT2D eigenvalue weighted by atomic mass is 35.5. The maximum atomic E-state index is 12.7. The second-order valence-corrected chi connectivity index (χ2v) is 9.70. The fourth-order valence-electron chi connectivity index (χ4n) is 5.19. The molecule has 3 aliphatic heterocycles. The molecular weight excluding hydrogens is 400 g/mol. The Morgan fingerprint density at radius 3 is 2.40 bits per heavy atom. The predicted octanol–water partition coefficient (Wildman–Crippen LogP) is 3.69. The summed E-state index contributed by atoms with van der Waals surface area (Å²) in [7, 11) is 0. The maximum absolute atomic E-state index is 12.7. The molecule has 2 unspecified atom stereocenters. The van der Waals surface area contributed by atoms with E-state index in [0.717, 1.165) is 77.3 Å². The molecule has 3 aliphatic rings. The van der Waals surface area contributed by atoms with Gasteiger partial charge in [0.1, 0.15) is 5.82 Å². The summed E-state index contributed by atoms with van der Waals surface area (Å²) in [6, 6.07) is 1.81. The van der Waals surface area contributed by atoms with Crippen LogP contribution in [0.1, 0.15) is 56.3 Å². The van der Waals surface area contributed by atoms with Gasteiger partial charge in [0.05, 0.1) is 22.8 Å². The monoisotopic (exact) mass is 434 g/mol. The highest BCUT2D eigenvalue weighted by molar-refractivity contribution is 6.33. The molecule has 30 heavy (non-hydrogen) atoms. The third kappa shape index (κ3) is 5.27. The first-order chi connectivity index (χ1) is 14.5. The fourth-order valence-corrected chi connectivity index (χ4v) is 5.47. The molecule has 6 nitrogen and oxygen atoms in total. The minimum absolute atomic E-state index is 0.0586. The number of nitrogens with zero attached hydrogens (tertiary/aromatic N) is 4. The van der Waals surface area contributed by atoms with Gasteiger partial charge in [0.2, 0.25) is 0 Å². The van der Waals surface area contributed by atoms with E-state index in [4.69, 9.17) is 16.3 Å². The lowest BCUT2D eigenvalue weighted by atomic mass is 9.95. The lowest BCUT2D eigenvalue weighted by Gasteiger charge is -2.39. The summed E-state index contributed by atoms with van der Waals surface area (Å²) in [6.45, 7) is 11.2. The van der Waals surface area contributed by atoms with Gasteiger partial charge >= 0.3 is 0 Å². The van der Waals surface area contributed by atoms with E-state index in [1.165, 1.54) is 6.42 Å². The first-order valence-corrected chi connectivity index (χ1v) is 11.9. The van der Waals surface area contributed by atoms with E-state index in [1.54, 1.807) is 6.20 Å². The van der Waals surface area contributed by atoms with Crippen molar-refractivity contribution in [2.75, 3.05) is 50.7 Å². The number of carbonyl (C=O) groups is 1. The second kappa shape index (κ2) is 9.84. The molecular formula is C23H35ClN4O2. The average Bonchev–Trinajstić information content (AvgIpc) is 2.74.